The molecule has 0 amide bonds. The van der Waals surface area contributed by atoms with E-state index >= 15 is 0 Å². The lowest BCUT2D eigenvalue weighted by Gasteiger charge is -2.05. The molecule has 0 fully saturated rings. The van der Waals surface area contributed by atoms with E-state index in [1.165, 1.54) is 6.33 Å². The average Bonchev–Trinajstić information content (AvgIpc) is 2.75. The van der Waals surface area contributed by atoms with Crippen LogP contribution in [-0.4, -0.2) is 38.2 Å². The standard InChI is InChI=1S/C10H13N5O/c1-7(2-3-16)4-11-9-8-10(13-5-12-8)15-6-14-9/h2,5-6,16H,3-4H2,1H3,(H2,11,12,13,14,15)/b7-2-. The maximum atomic E-state index is 8.73. The normalized spacial score (nSPS) is 12.0. The van der Waals surface area contributed by atoms with Gasteiger partial charge in [-0.15, -0.1) is 0 Å². The van der Waals surface area contributed by atoms with Gasteiger partial charge in [0.1, 0.15) is 11.8 Å². The van der Waals surface area contributed by atoms with Crippen molar-refractivity contribution in [1.29, 1.82) is 0 Å². The van der Waals surface area contributed by atoms with Gasteiger partial charge >= 0.3 is 0 Å². The van der Waals surface area contributed by atoms with Gasteiger partial charge in [0.15, 0.2) is 11.5 Å². The molecule has 0 atom stereocenters. The molecule has 2 aromatic rings. The van der Waals surface area contributed by atoms with Crippen LogP contribution < -0.4 is 5.32 Å². The number of fused-ring (bicyclic) bond motifs is 1. The van der Waals surface area contributed by atoms with Crippen LogP contribution in [0.3, 0.4) is 0 Å². The number of hydrogen-bond donors (Lipinski definition) is 3. The fourth-order valence-corrected chi connectivity index (χ4v) is 1.35. The molecule has 2 rings (SSSR count). The Bertz CT molecular complexity index is 505. The average molecular weight is 219 g/mol. The van der Waals surface area contributed by atoms with Gasteiger partial charge in [0.05, 0.1) is 12.9 Å². The molecule has 0 aliphatic rings. The number of H-pyrrole nitrogens is 1. The summed E-state index contributed by atoms with van der Waals surface area (Å²) in [5.74, 6) is 0.716. The summed E-state index contributed by atoms with van der Waals surface area (Å²) in [6.07, 6.45) is 4.80. The van der Waals surface area contributed by atoms with Gasteiger partial charge in [-0.3, -0.25) is 0 Å². The highest BCUT2D eigenvalue weighted by atomic mass is 16.2. The van der Waals surface area contributed by atoms with Gasteiger partial charge in [0, 0.05) is 6.54 Å². The third kappa shape index (κ3) is 2.17. The first kappa shape index (κ1) is 10.6. The van der Waals surface area contributed by atoms with Crippen LogP contribution in [0.5, 0.6) is 0 Å². The molecule has 0 aliphatic heterocycles. The Labute approximate surface area is 92.5 Å². The number of imidazole rings is 1. The van der Waals surface area contributed by atoms with Gasteiger partial charge < -0.3 is 15.4 Å². The van der Waals surface area contributed by atoms with E-state index in [0.717, 1.165) is 11.1 Å². The predicted octanol–water partition coefficient (Wildman–Crippen LogP) is 0.703. The highest BCUT2D eigenvalue weighted by Crippen LogP contribution is 2.14. The molecule has 2 aromatic heterocycles. The fourth-order valence-electron chi connectivity index (χ4n) is 1.35. The van der Waals surface area contributed by atoms with Crippen LogP contribution in [0.25, 0.3) is 11.2 Å². The molecule has 0 radical (unpaired) electrons. The Hall–Kier alpha value is -1.95. The van der Waals surface area contributed by atoms with Crippen molar-refractivity contribution in [3.63, 3.8) is 0 Å². The molecular formula is C10H13N5O. The van der Waals surface area contributed by atoms with E-state index in [1.54, 1.807) is 12.4 Å². The van der Waals surface area contributed by atoms with Crippen LogP contribution in [0.4, 0.5) is 5.82 Å². The SMILES string of the molecule is C/C(=C/CO)CNc1ncnc2nc[nH]c12. The molecule has 6 nitrogen and oxygen atoms in total. The van der Waals surface area contributed by atoms with Crippen molar-refractivity contribution in [3.05, 3.63) is 24.3 Å². The number of aliphatic hydroxyl groups excluding tert-OH is 1. The highest BCUT2D eigenvalue weighted by Gasteiger charge is 2.04. The first-order valence-electron chi connectivity index (χ1n) is 4.95. The summed E-state index contributed by atoms with van der Waals surface area (Å²) >= 11 is 0. The second-order valence-electron chi connectivity index (χ2n) is 3.41. The van der Waals surface area contributed by atoms with Crippen LogP contribution in [0, 0.1) is 0 Å². The molecule has 16 heavy (non-hydrogen) atoms. The minimum absolute atomic E-state index is 0.0523. The number of nitrogens with one attached hydrogen (secondary N) is 2. The van der Waals surface area contributed by atoms with E-state index in [2.05, 4.69) is 25.3 Å². The second-order valence-corrected chi connectivity index (χ2v) is 3.41. The van der Waals surface area contributed by atoms with Crippen LogP contribution in [-0.2, 0) is 0 Å². The summed E-state index contributed by atoms with van der Waals surface area (Å²) < 4.78 is 0. The van der Waals surface area contributed by atoms with Crippen molar-refractivity contribution in [1.82, 2.24) is 19.9 Å². The molecule has 3 N–H and O–H groups in total. The van der Waals surface area contributed by atoms with Crippen LogP contribution in [0.2, 0.25) is 0 Å². The zero-order valence-electron chi connectivity index (χ0n) is 8.94. The Balaban J connectivity index is 2.15. The van der Waals surface area contributed by atoms with Gasteiger partial charge in [0.2, 0.25) is 0 Å². The Morgan fingerprint density at radius 1 is 1.50 bits per heavy atom. The minimum atomic E-state index is 0.0523. The monoisotopic (exact) mass is 219 g/mol. The van der Waals surface area contributed by atoms with Gasteiger partial charge in [-0.05, 0) is 6.92 Å². The molecule has 0 saturated heterocycles. The number of aliphatic hydroxyl groups is 1. The predicted molar refractivity (Wildman–Crippen MR) is 61.0 cm³/mol. The van der Waals surface area contributed by atoms with E-state index in [0.29, 0.717) is 18.0 Å². The van der Waals surface area contributed by atoms with Crippen molar-refractivity contribution < 1.29 is 5.11 Å². The molecule has 0 aromatic carbocycles. The second kappa shape index (κ2) is 4.71. The molecule has 84 valence electrons. The van der Waals surface area contributed by atoms with Gasteiger partial charge in [-0.25, -0.2) is 15.0 Å². The largest absolute Gasteiger partial charge is 0.392 e. The molecule has 2 heterocycles. The quantitative estimate of drug-likeness (QED) is 0.659. The van der Waals surface area contributed by atoms with Crippen molar-refractivity contribution in [2.75, 3.05) is 18.5 Å². The zero-order valence-corrected chi connectivity index (χ0v) is 8.94. The summed E-state index contributed by atoms with van der Waals surface area (Å²) in [6.45, 7) is 2.62. The maximum absolute atomic E-state index is 8.73. The van der Waals surface area contributed by atoms with Gasteiger partial charge in [0.25, 0.3) is 0 Å². The lowest BCUT2D eigenvalue weighted by atomic mass is 10.3. The van der Waals surface area contributed by atoms with E-state index in [4.69, 9.17) is 5.11 Å². The maximum Gasteiger partial charge on any atom is 0.182 e. The zero-order chi connectivity index (χ0) is 11.4. The molecule has 0 aliphatic carbocycles. The van der Waals surface area contributed by atoms with Crippen LogP contribution >= 0.6 is 0 Å². The number of aromatic amines is 1. The van der Waals surface area contributed by atoms with Crippen LogP contribution in [0.1, 0.15) is 6.92 Å². The topological polar surface area (TPSA) is 86.7 Å². The van der Waals surface area contributed by atoms with Crippen molar-refractivity contribution in [2.45, 2.75) is 6.92 Å². The molecule has 0 bridgehead atoms. The minimum Gasteiger partial charge on any atom is -0.392 e. The summed E-state index contributed by atoms with van der Waals surface area (Å²) in [6, 6.07) is 0. The van der Waals surface area contributed by atoms with Gasteiger partial charge in [-0.2, -0.15) is 0 Å². The van der Waals surface area contributed by atoms with E-state index < -0.39 is 0 Å². The van der Waals surface area contributed by atoms with E-state index in [9.17, 15) is 0 Å². The number of aromatic nitrogens is 4. The van der Waals surface area contributed by atoms with E-state index in [-0.39, 0.29) is 6.61 Å². The lowest BCUT2D eigenvalue weighted by Crippen LogP contribution is -2.05. The molecule has 0 saturated carbocycles. The lowest BCUT2D eigenvalue weighted by molar-refractivity contribution is 0.341. The summed E-state index contributed by atoms with van der Waals surface area (Å²) in [5.41, 5.74) is 2.48. The summed E-state index contributed by atoms with van der Waals surface area (Å²) in [5, 5.41) is 11.9. The molecule has 6 heteroatoms. The smallest absolute Gasteiger partial charge is 0.182 e. The van der Waals surface area contributed by atoms with Crippen molar-refractivity contribution in [3.8, 4) is 0 Å². The molecular weight excluding hydrogens is 206 g/mol. The molecule has 0 spiro atoms. The van der Waals surface area contributed by atoms with Crippen molar-refractivity contribution >= 4 is 17.0 Å². The Morgan fingerprint density at radius 2 is 2.38 bits per heavy atom. The fraction of sp³-hybridized carbons (Fsp3) is 0.300. The van der Waals surface area contributed by atoms with E-state index in [1.807, 2.05) is 6.92 Å². The number of rotatable bonds is 4. The van der Waals surface area contributed by atoms with Crippen LogP contribution in [0.15, 0.2) is 24.3 Å². The first-order chi connectivity index (χ1) is 7.81. The first-order valence-corrected chi connectivity index (χ1v) is 4.95. The Kier molecular flexibility index (Phi) is 3.11. The summed E-state index contributed by atoms with van der Waals surface area (Å²) in [7, 11) is 0. The Morgan fingerprint density at radius 3 is 3.19 bits per heavy atom. The van der Waals surface area contributed by atoms with Gasteiger partial charge in [-0.1, -0.05) is 11.6 Å². The van der Waals surface area contributed by atoms with Crippen molar-refractivity contribution in [2.24, 2.45) is 0 Å². The molecule has 0 unspecified atom stereocenters. The highest BCUT2D eigenvalue weighted by molar-refractivity contribution is 5.81. The number of hydrogen-bond acceptors (Lipinski definition) is 5. The third-order valence-corrected chi connectivity index (χ3v) is 2.20. The number of nitrogens with zero attached hydrogens (tertiary/aromatic N) is 3. The number of anilines is 1. The third-order valence-electron chi connectivity index (χ3n) is 2.20. The summed E-state index contributed by atoms with van der Waals surface area (Å²) in [4.78, 5) is 15.2.